The smallest absolute Gasteiger partial charge is 0.140 e. The van der Waals surface area contributed by atoms with E-state index in [1.165, 1.54) is 10.5 Å². The zero-order valence-electron chi connectivity index (χ0n) is 12.8. The maximum Gasteiger partial charge on any atom is 0.140 e. The lowest BCUT2D eigenvalue weighted by atomic mass is 10.00. The fourth-order valence-electron chi connectivity index (χ4n) is 2.79. The van der Waals surface area contributed by atoms with Crippen molar-refractivity contribution in [2.24, 2.45) is 16.8 Å². The summed E-state index contributed by atoms with van der Waals surface area (Å²) in [5.41, 5.74) is 7.08. The van der Waals surface area contributed by atoms with Crippen LogP contribution in [0, 0.1) is 5.92 Å². The first-order valence-electron chi connectivity index (χ1n) is 7.50. The van der Waals surface area contributed by atoms with Gasteiger partial charge in [-0.3, -0.25) is 0 Å². The molecule has 4 nitrogen and oxygen atoms in total. The molecule has 1 atom stereocenters. The van der Waals surface area contributed by atoms with E-state index in [-0.39, 0.29) is 0 Å². The van der Waals surface area contributed by atoms with Crippen molar-refractivity contribution < 1.29 is 5.21 Å². The normalized spacial score (nSPS) is 18.5. The first-order chi connectivity index (χ1) is 10.1. The second-order valence-corrected chi connectivity index (χ2v) is 7.10. The molecule has 0 amide bonds. The van der Waals surface area contributed by atoms with E-state index in [0.29, 0.717) is 24.1 Å². The van der Waals surface area contributed by atoms with Crippen molar-refractivity contribution in [2.75, 3.05) is 25.4 Å². The number of hydrogen-bond acceptors (Lipinski definition) is 4. The van der Waals surface area contributed by atoms with Crippen LogP contribution in [0.5, 0.6) is 0 Å². The highest BCUT2D eigenvalue weighted by Crippen LogP contribution is 2.39. The third kappa shape index (κ3) is 4.64. The molecular formula is C16H25N3OS. The molecule has 21 heavy (non-hydrogen) atoms. The van der Waals surface area contributed by atoms with Gasteiger partial charge in [0, 0.05) is 42.6 Å². The van der Waals surface area contributed by atoms with Gasteiger partial charge in [-0.05, 0) is 17.5 Å². The fourth-order valence-corrected chi connectivity index (χ4v) is 4.03. The van der Waals surface area contributed by atoms with E-state index < -0.39 is 0 Å². The van der Waals surface area contributed by atoms with Crippen LogP contribution < -0.4 is 5.73 Å². The Kier molecular flexibility index (Phi) is 5.94. The number of fused-ring (bicyclic) bond motifs is 1. The summed E-state index contributed by atoms with van der Waals surface area (Å²) in [6.45, 7) is 7.39. The summed E-state index contributed by atoms with van der Waals surface area (Å²) in [5.74, 6) is 2.65. The van der Waals surface area contributed by atoms with Crippen LogP contribution in [0.25, 0.3) is 0 Å². The molecule has 1 unspecified atom stereocenters. The topological polar surface area (TPSA) is 61.8 Å². The summed E-state index contributed by atoms with van der Waals surface area (Å²) in [6, 6.07) is 8.69. The van der Waals surface area contributed by atoms with E-state index in [2.05, 4.69) is 48.2 Å². The monoisotopic (exact) mass is 307 g/mol. The number of thioether (sulfide) groups is 1. The van der Waals surface area contributed by atoms with Crippen molar-refractivity contribution in [1.29, 1.82) is 0 Å². The SMILES string of the molecule is CC(C)CN(CCC(N)=NO)CC1CSc2ccccc21. The van der Waals surface area contributed by atoms with E-state index >= 15 is 0 Å². The average Bonchev–Trinajstić information content (AvgIpc) is 2.87. The molecule has 0 bridgehead atoms. The van der Waals surface area contributed by atoms with E-state index in [4.69, 9.17) is 10.9 Å². The van der Waals surface area contributed by atoms with Crippen LogP contribution in [0.3, 0.4) is 0 Å². The summed E-state index contributed by atoms with van der Waals surface area (Å²) in [6.07, 6.45) is 0.616. The second-order valence-electron chi connectivity index (χ2n) is 6.04. The Bertz CT molecular complexity index is 490. The van der Waals surface area contributed by atoms with Crippen LogP contribution in [-0.4, -0.2) is 41.3 Å². The van der Waals surface area contributed by atoms with Crippen LogP contribution in [0.1, 0.15) is 31.7 Å². The van der Waals surface area contributed by atoms with Gasteiger partial charge in [0.1, 0.15) is 5.84 Å². The largest absolute Gasteiger partial charge is 0.409 e. The molecule has 116 valence electrons. The van der Waals surface area contributed by atoms with E-state index in [0.717, 1.165) is 25.4 Å². The van der Waals surface area contributed by atoms with E-state index in [9.17, 15) is 0 Å². The molecule has 2 rings (SSSR count). The highest BCUT2D eigenvalue weighted by Gasteiger charge is 2.25. The maximum absolute atomic E-state index is 8.69. The minimum Gasteiger partial charge on any atom is -0.409 e. The number of oxime groups is 1. The average molecular weight is 307 g/mol. The molecule has 1 aliphatic heterocycles. The zero-order chi connectivity index (χ0) is 15.2. The second kappa shape index (κ2) is 7.71. The molecule has 5 heteroatoms. The Morgan fingerprint density at radius 3 is 2.95 bits per heavy atom. The molecule has 1 aliphatic rings. The Morgan fingerprint density at radius 2 is 2.24 bits per heavy atom. The molecule has 1 heterocycles. The third-order valence-electron chi connectivity index (χ3n) is 3.71. The van der Waals surface area contributed by atoms with Crippen molar-refractivity contribution in [3.63, 3.8) is 0 Å². The molecule has 0 fully saturated rings. The maximum atomic E-state index is 8.69. The van der Waals surface area contributed by atoms with Crippen molar-refractivity contribution in [2.45, 2.75) is 31.1 Å². The molecule has 0 spiro atoms. The van der Waals surface area contributed by atoms with Crippen LogP contribution >= 0.6 is 11.8 Å². The number of nitrogens with zero attached hydrogens (tertiary/aromatic N) is 2. The highest BCUT2D eigenvalue weighted by atomic mass is 32.2. The number of rotatable bonds is 7. The van der Waals surface area contributed by atoms with Gasteiger partial charge in [-0.2, -0.15) is 0 Å². The van der Waals surface area contributed by atoms with Gasteiger partial charge in [-0.1, -0.05) is 37.2 Å². The molecule has 1 aromatic rings. The van der Waals surface area contributed by atoms with Crippen molar-refractivity contribution in [1.82, 2.24) is 4.90 Å². The summed E-state index contributed by atoms with van der Waals surface area (Å²) in [4.78, 5) is 3.86. The van der Waals surface area contributed by atoms with Gasteiger partial charge in [-0.15, -0.1) is 11.8 Å². The molecule has 0 saturated carbocycles. The Labute approximate surface area is 131 Å². The predicted octanol–water partition coefficient (Wildman–Crippen LogP) is 2.97. The lowest BCUT2D eigenvalue weighted by Gasteiger charge is -2.27. The van der Waals surface area contributed by atoms with E-state index in [1.807, 2.05) is 11.8 Å². The molecule has 0 radical (unpaired) electrons. The van der Waals surface area contributed by atoms with Crippen LogP contribution in [0.4, 0.5) is 0 Å². The predicted molar refractivity (Wildman–Crippen MR) is 89.2 cm³/mol. The molecule has 0 aromatic heterocycles. The third-order valence-corrected chi connectivity index (χ3v) is 4.97. The zero-order valence-corrected chi connectivity index (χ0v) is 13.6. The van der Waals surface area contributed by atoms with E-state index in [1.54, 1.807) is 0 Å². The van der Waals surface area contributed by atoms with Crippen molar-refractivity contribution in [3.8, 4) is 0 Å². The van der Waals surface area contributed by atoms with Crippen LogP contribution in [-0.2, 0) is 0 Å². The number of benzene rings is 1. The summed E-state index contributed by atoms with van der Waals surface area (Å²) in [7, 11) is 0. The Balaban J connectivity index is 1.98. The molecule has 0 saturated heterocycles. The minimum atomic E-state index is 0.310. The van der Waals surface area contributed by atoms with Crippen molar-refractivity contribution >= 4 is 17.6 Å². The molecule has 1 aromatic carbocycles. The summed E-state index contributed by atoms with van der Waals surface area (Å²) in [5, 5.41) is 11.8. The first-order valence-corrected chi connectivity index (χ1v) is 8.49. The molecular weight excluding hydrogens is 282 g/mol. The number of amidine groups is 1. The van der Waals surface area contributed by atoms with Gasteiger partial charge in [0.2, 0.25) is 0 Å². The number of nitrogens with two attached hydrogens (primary N) is 1. The minimum absolute atomic E-state index is 0.310. The fraction of sp³-hybridized carbons (Fsp3) is 0.562. The summed E-state index contributed by atoms with van der Waals surface area (Å²) >= 11 is 1.95. The summed E-state index contributed by atoms with van der Waals surface area (Å²) < 4.78 is 0. The van der Waals surface area contributed by atoms with Crippen LogP contribution in [0.2, 0.25) is 0 Å². The van der Waals surface area contributed by atoms with Gasteiger partial charge < -0.3 is 15.8 Å². The van der Waals surface area contributed by atoms with Gasteiger partial charge in [0.15, 0.2) is 0 Å². The Hall–Kier alpha value is -1.20. The van der Waals surface area contributed by atoms with Crippen molar-refractivity contribution in [3.05, 3.63) is 29.8 Å². The van der Waals surface area contributed by atoms with Gasteiger partial charge in [0.25, 0.3) is 0 Å². The lowest BCUT2D eigenvalue weighted by molar-refractivity contribution is 0.239. The molecule has 3 N–H and O–H groups in total. The van der Waals surface area contributed by atoms with Gasteiger partial charge in [-0.25, -0.2) is 0 Å². The quantitative estimate of drug-likeness (QED) is 0.352. The van der Waals surface area contributed by atoms with Gasteiger partial charge >= 0.3 is 0 Å². The number of hydrogen-bond donors (Lipinski definition) is 2. The van der Waals surface area contributed by atoms with Gasteiger partial charge in [0.05, 0.1) is 0 Å². The molecule has 0 aliphatic carbocycles. The van der Waals surface area contributed by atoms with Crippen LogP contribution in [0.15, 0.2) is 34.3 Å². The highest BCUT2D eigenvalue weighted by molar-refractivity contribution is 7.99. The standard InChI is InChI=1S/C16H25N3OS/c1-12(2)9-19(8-7-16(17)18-20)10-13-11-21-15-6-4-3-5-14(13)15/h3-6,12-13,20H,7-11H2,1-2H3,(H2,17,18). The Morgan fingerprint density at radius 1 is 1.48 bits per heavy atom. The first kappa shape index (κ1) is 16.2. The lowest BCUT2D eigenvalue weighted by Crippen LogP contribution is -2.35.